The molecule has 3 N–H and O–H groups in total. The molecule has 1 heterocycles. The highest BCUT2D eigenvalue weighted by molar-refractivity contribution is 8.27. The van der Waals surface area contributed by atoms with Crippen LogP contribution in [0.15, 0.2) is 78.2 Å². The second kappa shape index (κ2) is 8.72. The number of H-pyrrole nitrogens is 1. The summed E-state index contributed by atoms with van der Waals surface area (Å²) in [6.07, 6.45) is 2.10. The molecule has 0 bridgehead atoms. The van der Waals surface area contributed by atoms with Crippen molar-refractivity contribution in [3.05, 3.63) is 95.0 Å². The summed E-state index contributed by atoms with van der Waals surface area (Å²) >= 11 is 0. The highest BCUT2D eigenvalue weighted by Crippen LogP contribution is 2.29. The number of hydrogen-bond acceptors (Lipinski definition) is 2. The van der Waals surface area contributed by atoms with E-state index in [-0.39, 0.29) is 0 Å². The summed E-state index contributed by atoms with van der Waals surface area (Å²) in [4.78, 5) is 4.57. The predicted octanol–water partition coefficient (Wildman–Crippen LogP) is 5.87. The van der Waals surface area contributed by atoms with Gasteiger partial charge in [0.1, 0.15) is 0 Å². The van der Waals surface area contributed by atoms with Crippen molar-refractivity contribution in [3.8, 4) is 0 Å². The van der Waals surface area contributed by atoms with Crippen molar-refractivity contribution < 1.29 is 0 Å². The normalized spacial score (nSPS) is 12.5. The zero-order valence-corrected chi connectivity index (χ0v) is 20.4. The third kappa shape index (κ3) is 4.76. The lowest BCUT2D eigenvalue weighted by Crippen LogP contribution is -2.25. The second-order valence-electron chi connectivity index (χ2n) is 8.71. The number of fused-ring (bicyclic) bond motifs is 1. The molecular weight excluding hydrogens is 422 g/mol. The number of benzene rings is 3. The molecule has 1 aromatic heterocycles. The summed E-state index contributed by atoms with van der Waals surface area (Å²) in [6.45, 7) is 12.6. The first-order chi connectivity index (χ1) is 15.6. The zero-order chi connectivity index (χ0) is 23.8. The number of para-hydroxylation sites is 1. The Morgan fingerprint density at radius 2 is 1.64 bits per heavy atom. The number of rotatable bonds is 6. The summed E-state index contributed by atoms with van der Waals surface area (Å²) in [5, 5.41) is 10.1. The number of aromatic nitrogens is 1. The van der Waals surface area contributed by atoms with E-state index in [4.69, 9.17) is 0 Å². The smallest absolute Gasteiger partial charge is 0.0466 e. The fourth-order valence-corrected chi connectivity index (χ4v) is 4.74. The number of hydrogen-bond donors (Lipinski definition) is 3. The Kier molecular flexibility index (Phi) is 5.96. The van der Waals surface area contributed by atoms with E-state index >= 15 is 0 Å². The lowest BCUT2D eigenvalue weighted by Gasteiger charge is -2.13. The molecule has 0 aliphatic heterocycles. The standard InChI is InChI=1S/C29H31N3S/c1-19-10-8-9-11-27(19)31-20(2)23-12-14-24(15-13-23)30-21(3)29-22(4)32-28-17-16-25(18-26(28)29)33(5,6)7/h8-18,30-32H,2,4-6H2,1,3,7H3/b29-21+. The molecule has 4 rings (SSSR count). The molecule has 0 aliphatic rings. The molecule has 0 aliphatic carbocycles. The van der Waals surface area contributed by atoms with E-state index in [9.17, 15) is 0 Å². The summed E-state index contributed by atoms with van der Waals surface area (Å²) in [7, 11) is -1.30. The van der Waals surface area contributed by atoms with Crippen molar-refractivity contribution in [2.24, 2.45) is 0 Å². The van der Waals surface area contributed by atoms with Gasteiger partial charge in [-0.3, -0.25) is 0 Å². The average Bonchev–Trinajstić information content (AvgIpc) is 3.10. The molecule has 0 unspecified atom stereocenters. The Labute approximate surface area is 196 Å². The van der Waals surface area contributed by atoms with Gasteiger partial charge in [0.2, 0.25) is 0 Å². The van der Waals surface area contributed by atoms with Crippen molar-refractivity contribution in [1.29, 1.82) is 0 Å². The topological polar surface area (TPSA) is 39.8 Å². The zero-order valence-electron chi connectivity index (χ0n) is 19.6. The third-order valence-electron chi connectivity index (χ3n) is 5.79. The van der Waals surface area contributed by atoms with Gasteiger partial charge >= 0.3 is 0 Å². The van der Waals surface area contributed by atoms with Crippen molar-refractivity contribution in [2.75, 3.05) is 16.9 Å². The first-order valence-electron chi connectivity index (χ1n) is 10.8. The number of nitrogens with one attached hydrogen (secondary N) is 3. The summed E-state index contributed by atoms with van der Waals surface area (Å²) in [5.74, 6) is 8.52. The SMILES string of the molecule is C=C(Nc1ccccc1C)c1ccc(N/C(C)=c2\c(=C)[nH]c3ccc(S(=C)(=C)C)cc23)cc1. The van der Waals surface area contributed by atoms with E-state index in [0.717, 1.165) is 49.8 Å². The van der Waals surface area contributed by atoms with Gasteiger partial charge in [0.15, 0.2) is 0 Å². The first kappa shape index (κ1) is 22.6. The molecule has 0 radical (unpaired) electrons. The van der Waals surface area contributed by atoms with Crippen LogP contribution in [0.4, 0.5) is 11.4 Å². The van der Waals surface area contributed by atoms with Gasteiger partial charge in [-0.25, -0.2) is 0 Å². The average molecular weight is 454 g/mol. The van der Waals surface area contributed by atoms with Crippen molar-refractivity contribution in [2.45, 2.75) is 18.7 Å². The Morgan fingerprint density at radius 3 is 2.30 bits per heavy atom. The van der Waals surface area contributed by atoms with Crippen LogP contribution in [0.5, 0.6) is 0 Å². The maximum atomic E-state index is 4.26. The van der Waals surface area contributed by atoms with Crippen LogP contribution in [0.25, 0.3) is 28.9 Å². The van der Waals surface area contributed by atoms with Crippen LogP contribution in [0.1, 0.15) is 18.1 Å². The minimum Gasteiger partial charge on any atom is -0.359 e. The summed E-state index contributed by atoms with van der Waals surface area (Å²) in [5.41, 5.74) is 7.28. The van der Waals surface area contributed by atoms with Crippen molar-refractivity contribution >= 4 is 61.2 Å². The third-order valence-corrected chi connectivity index (χ3v) is 7.18. The quantitative estimate of drug-likeness (QED) is 0.320. The molecular formula is C29H31N3S. The molecule has 4 heteroatoms. The van der Waals surface area contributed by atoms with Gasteiger partial charge in [-0.05, 0) is 72.5 Å². The van der Waals surface area contributed by atoms with Gasteiger partial charge in [0.05, 0.1) is 0 Å². The molecule has 0 saturated heterocycles. The molecule has 0 fully saturated rings. The minimum atomic E-state index is -1.30. The largest absolute Gasteiger partial charge is 0.359 e. The molecule has 168 valence electrons. The molecule has 4 aromatic rings. The van der Waals surface area contributed by atoms with E-state index in [1.165, 1.54) is 10.5 Å². The first-order valence-corrected chi connectivity index (χ1v) is 13.2. The maximum absolute atomic E-state index is 4.26. The van der Waals surface area contributed by atoms with Crippen LogP contribution in [0, 0.1) is 6.92 Å². The lowest BCUT2D eigenvalue weighted by atomic mass is 10.1. The monoisotopic (exact) mass is 453 g/mol. The number of anilines is 2. The molecule has 33 heavy (non-hydrogen) atoms. The van der Waals surface area contributed by atoms with Gasteiger partial charge in [-0.1, -0.05) is 55.2 Å². The van der Waals surface area contributed by atoms with E-state index in [0.29, 0.717) is 0 Å². The van der Waals surface area contributed by atoms with E-state index in [1.807, 2.05) is 12.1 Å². The van der Waals surface area contributed by atoms with E-state index < -0.39 is 9.21 Å². The second-order valence-corrected chi connectivity index (χ2v) is 11.7. The summed E-state index contributed by atoms with van der Waals surface area (Å²) in [6, 6.07) is 22.9. The van der Waals surface area contributed by atoms with Gasteiger partial charge in [0.25, 0.3) is 0 Å². The van der Waals surface area contributed by atoms with Gasteiger partial charge in [-0.2, -0.15) is 9.21 Å². The Hall–Kier alpha value is -3.63. The molecule has 0 atom stereocenters. The van der Waals surface area contributed by atoms with E-state index in [1.54, 1.807) is 0 Å². The fraction of sp³-hybridized carbons (Fsp3) is 0.103. The molecule has 3 nitrogen and oxygen atoms in total. The highest BCUT2D eigenvalue weighted by atomic mass is 32.2. The van der Waals surface area contributed by atoms with Crippen LogP contribution >= 0.6 is 9.21 Å². The predicted molar refractivity (Wildman–Crippen MR) is 152 cm³/mol. The van der Waals surface area contributed by atoms with Gasteiger partial charge in [-0.15, -0.1) is 0 Å². The maximum Gasteiger partial charge on any atom is 0.0466 e. The highest BCUT2D eigenvalue weighted by Gasteiger charge is 2.07. The van der Waals surface area contributed by atoms with Crippen LogP contribution in [-0.2, 0) is 0 Å². The molecule has 0 saturated carbocycles. The fourth-order valence-electron chi connectivity index (χ4n) is 3.94. The van der Waals surface area contributed by atoms with Crippen molar-refractivity contribution in [3.63, 3.8) is 0 Å². The van der Waals surface area contributed by atoms with Crippen LogP contribution < -0.4 is 21.2 Å². The molecule has 0 amide bonds. The minimum absolute atomic E-state index is 0.868. The van der Waals surface area contributed by atoms with Crippen molar-refractivity contribution in [1.82, 2.24) is 4.98 Å². The van der Waals surface area contributed by atoms with E-state index in [2.05, 4.69) is 115 Å². The van der Waals surface area contributed by atoms with Crippen LogP contribution in [0.2, 0.25) is 0 Å². The Balaban J connectivity index is 1.62. The Bertz CT molecular complexity index is 1570. The van der Waals surface area contributed by atoms with Crippen LogP contribution in [0.3, 0.4) is 0 Å². The number of aryl methyl sites for hydroxylation is 1. The lowest BCUT2D eigenvalue weighted by molar-refractivity contribution is 1.35. The Morgan fingerprint density at radius 1 is 0.939 bits per heavy atom. The van der Waals surface area contributed by atoms with Crippen LogP contribution in [-0.4, -0.2) is 23.0 Å². The summed E-state index contributed by atoms with van der Waals surface area (Å²) < 4.78 is 0. The molecule has 3 aromatic carbocycles. The molecule has 0 spiro atoms. The van der Waals surface area contributed by atoms with Gasteiger partial charge in [0, 0.05) is 44.2 Å². The number of aromatic amines is 1. The van der Waals surface area contributed by atoms with Gasteiger partial charge < -0.3 is 15.6 Å².